The van der Waals surface area contributed by atoms with E-state index in [0.717, 1.165) is 24.2 Å². The number of hydrogen-bond acceptors (Lipinski definition) is 3. The first-order chi connectivity index (χ1) is 8.24. The maximum atomic E-state index is 13.5. The summed E-state index contributed by atoms with van der Waals surface area (Å²) in [6.45, 7) is 0.678. The molecule has 1 aromatic rings. The SMILES string of the molecule is NNC(C1=CCCCO1)c1cccc(F)c1Br. The van der Waals surface area contributed by atoms with Crippen molar-refractivity contribution in [2.75, 3.05) is 6.61 Å². The van der Waals surface area contributed by atoms with Crippen molar-refractivity contribution < 1.29 is 9.13 Å². The third-order valence-corrected chi connectivity index (χ3v) is 3.54. The molecule has 3 N–H and O–H groups in total. The summed E-state index contributed by atoms with van der Waals surface area (Å²) in [5.41, 5.74) is 3.40. The van der Waals surface area contributed by atoms with Gasteiger partial charge in [0.15, 0.2) is 0 Å². The highest BCUT2D eigenvalue weighted by molar-refractivity contribution is 9.10. The largest absolute Gasteiger partial charge is 0.496 e. The minimum Gasteiger partial charge on any atom is -0.496 e. The third-order valence-electron chi connectivity index (χ3n) is 2.71. The Hall–Kier alpha value is -0.910. The van der Waals surface area contributed by atoms with Crippen LogP contribution in [0.4, 0.5) is 4.39 Å². The van der Waals surface area contributed by atoms with Gasteiger partial charge in [-0.05, 0) is 46.5 Å². The fourth-order valence-corrected chi connectivity index (χ4v) is 2.34. The van der Waals surface area contributed by atoms with Crippen LogP contribution >= 0.6 is 15.9 Å². The van der Waals surface area contributed by atoms with Crippen molar-refractivity contribution in [3.05, 3.63) is 45.9 Å². The van der Waals surface area contributed by atoms with E-state index in [1.165, 1.54) is 6.07 Å². The molecule has 0 saturated heterocycles. The summed E-state index contributed by atoms with van der Waals surface area (Å²) in [7, 11) is 0. The molecular weight excluding hydrogens is 287 g/mol. The normalized spacial score (nSPS) is 17.2. The predicted molar refractivity (Wildman–Crippen MR) is 67.4 cm³/mol. The summed E-state index contributed by atoms with van der Waals surface area (Å²) < 4.78 is 19.4. The fourth-order valence-electron chi connectivity index (χ4n) is 1.85. The first kappa shape index (κ1) is 12.5. The smallest absolute Gasteiger partial charge is 0.137 e. The maximum Gasteiger partial charge on any atom is 0.137 e. The van der Waals surface area contributed by atoms with Gasteiger partial charge in [-0.3, -0.25) is 5.84 Å². The van der Waals surface area contributed by atoms with Crippen molar-refractivity contribution in [3.63, 3.8) is 0 Å². The van der Waals surface area contributed by atoms with Crippen LogP contribution in [0.2, 0.25) is 0 Å². The molecule has 0 amide bonds. The highest BCUT2D eigenvalue weighted by atomic mass is 79.9. The monoisotopic (exact) mass is 300 g/mol. The minimum absolute atomic E-state index is 0.306. The Morgan fingerprint density at radius 1 is 1.47 bits per heavy atom. The van der Waals surface area contributed by atoms with E-state index >= 15 is 0 Å². The minimum atomic E-state index is -0.319. The van der Waals surface area contributed by atoms with Crippen LogP contribution in [0.5, 0.6) is 0 Å². The molecule has 92 valence electrons. The molecule has 17 heavy (non-hydrogen) atoms. The van der Waals surface area contributed by atoms with E-state index in [1.807, 2.05) is 12.1 Å². The van der Waals surface area contributed by atoms with Gasteiger partial charge in [0.25, 0.3) is 0 Å². The Morgan fingerprint density at radius 3 is 2.94 bits per heavy atom. The number of benzene rings is 1. The molecule has 5 heteroatoms. The van der Waals surface area contributed by atoms with Gasteiger partial charge in [-0.25, -0.2) is 9.82 Å². The Kier molecular flexibility index (Phi) is 4.15. The molecular formula is C12H14BrFN2O. The average molecular weight is 301 g/mol. The highest BCUT2D eigenvalue weighted by Crippen LogP contribution is 2.31. The van der Waals surface area contributed by atoms with Crippen LogP contribution in [0.1, 0.15) is 24.4 Å². The second-order valence-electron chi connectivity index (χ2n) is 3.84. The summed E-state index contributed by atoms with van der Waals surface area (Å²) in [5.74, 6) is 5.99. The zero-order chi connectivity index (χ0) is 12.3. The molecule has 0 aromatic heterocycles. The number of halogens is 2. The molecule has 0 bridgehead atoms. The van der Waals surface area contributed by atoms with Crippen LogP contribution in [-0.2, 0) is 4.74 Å². The van der Waals surface area contributed by atoms with E-state index in [2.05, 4.69) is 21.4 Å². The van der Waals surface area contributed by atoms with Crippen molar-refractivity contribution in [2.45, 2.75) is 18.9 Å². The van der Waals surface area contributed by atoms with Crippen molar-refractivity contribution in [1.82, 2.24) is 5.43 Å². The Morgan fingerprint density at radius 2 is 2.29 bits per heavy atom. The quantitative estimate of drug-likeness (QED) is 0.666. The predicted octanol–water partition coefficient (Wildman–Crippen LogP) is 2.79. The van der Waals surface area contributed by atoms with Crippen LogP contribution in [0.15, 0.2) is 34.5 Å². The summed E-state index contributed by atoms with van der Waals surface area (Å²) >= 11 is 3.23. The van der Waals surface area contributed by atoms with Crippen molar-refractivity contribution in [3.8, 4) is 0 Å². The summed E-state index contributed by atoms with van der Waals surface area (Å²) in [5, 5.41) is 0. The first-order valence-corrected chi connectivity index (χ1v) is 6.26. The second kappa shape index (κ2) is 5.62. The standard InChI is InChI=1S/C12H14BrFN2O/c13-11-8(4-3-5-9(11)14)12(16-15)10-6-1-2-7-17-10/h3-6,12,16H,1-2,7,15H2. The molecule has 1 aromatic carbocycles. The molecule has 0 fully saturated rings. The molecule has 0 saturated carbocycles. The number of nitrogens with one attached hydrogen (secondary N) is 1. The molecule has 1 atom stereocenters. The lowest BCUT2D eigenvalue weighted by atomic mass is 10.0. The van der Waals surface area contributed by atoms with Crippen molar-refractivity contribution >= 4 is 15.9 Å². The lowest BCUT2D eigenvalue weighted by Gasteiger charge is -2.24. The summed E-state index contributed by atoms with van der Waals surface area (Å²) in [4.78, 5) is 0. The van der Waals surface area contributed by atoms with Crippen LogP contribution in [-0.4, -0.2) is 6.61 Å². The Labute approximate surface area is 108 Å². The van der Waals surface area contributed by atoms with E-state index in [-0.39, 0.29) is 11.9 Å². The van der Waals surface area contributed by atoms with Crippen LogP contribution in [0.3, 0.4) is 0 Å². The number of hydrazine groups is 1. The first-order valence-electron chi connectivity index (χ1n) is 5.47. The number of hydrogen-bond donors (Lipinski definition) is 2. The van der Waals surface area contributed by atoms with Gasteiger partial charge < -0.3 is 4.74 Å². The summed E-state index contributed by atoms with van der Waals surface area (Å²) in [6.07, 6.45) is 3.96. The zero-order valence-corrected chi connectivity index (χ0v) is 10.8. The Bertz CT molecular complexity index is 437. The molecule has 0 radical (unpaired) electrons. The van der Waals surface area contributed by atoms with Crippen molar-refractivity contribution in [2.24, 2.45) is 5.84 Å². The van der Waals surface area contributed by atoms with Gasteiger partial charge in [0, 0.05) is 0 Å². The van der Waals surface area contributed by atoms with Crippen LogP contribution < -0.4 is 11.3 Å². The molecule has 3 nitrogen and oxygen atoms in total. The maximum absolute atomic E-state index is 13.5. The average Bonchev–Trinajstić information content (AvgIpc) is 2.37. The lowest BCUT2D eigenvalue weighted by molar-refractivity contribution is 0.167. The van der Waals surface area contributed by atoms with Crippen LogP contribution in [0.25, 0.3) is 0 Å². The number of ether oxygens (including phenoxy) is 1. The number of nitrogens with two attached hydrogens (primary N) is 1. The molecule has 2 rings (SSSR count). The second-order valence-corrected chi connectivity index (χ2v) is 4.63. The van der Waals surface area contributed by atoms with Gasteiger partial charge in [-0.1, -0.05) is 12.1 Å². The summed E-state index contributed by atoms with van der Waals surface area (Å²) in [6, 6.07) is 4.55. The van der Waals surface area contributed by atoms with E-state index in [4.69, 9.17) is 10.6 Å². The number of allylic oxidation sites excluding steroid dienone is 1. The fraction of sp³-hybridized carbons (Fsp3) is 0.333. The van der Waals surface area contributed by atoms with Gasteiger partial charge in [0.1, 0.15) is 17.6 Å². The molecule has 1 unspecified atom stereocenters. The van der Waals surface area contributed by atoms with Gasteiger partial charge in [-0.2, -0.15) is 0 Å². The van der Waals surface area contributed by atoms with Gasteiger partial charge in [0.2, 0.25) is 0 Å². The zero-order valence-electron chi connectivity index (χ0n) is 9.25. The van der Waals surface area contributed by atoms with E-state index < -0.39 is 0 Å². The molecule has 1 heterocycles. The van der Waals surface area contributed by atoms with Gasteiger partial charge in [0.05, 0.1) is 11.1 Å². The molecule has 1 aliphatic heterocycles. The van der Waals surface area contributed by atoms with Gasteiger partial charge in [-0.15, -0.1) is 0 Å². The number of rotatable bonds is 3. The molecule has 0 aliphatic carbocycles. The lowest BCUT2D eigenvalue weighted by Crippen LogP contribution is -2.31. The topological polar surface area (TPSA) is 47.3 Å². The highest BCUT2D eigenvalue weighted by Gasteiger charge is 2.21. The molecule has 0 spiro atoms. The van der Waals surface area contributed by atoms with Gasteiger partial charge >= 0.3 is 0 Å². The molecule has 1 aliphatic rings. The van der Waals surface area contributed by atoms with E-state index in [9.17, 15) is 4.39 Å². The Balaban J connectivity index is 2.34. The van der Waals surface area contributed by atoms with E-state index in [1.54, 1.807) is 6.07 Å². The van der Waals surface area contributed by atoms with E-state index in [0.29, 0.717) is 11.1 Å². The van der Waals surface area contributed by atoms with Crippen LogP contribution in [0, 0.1) is 5.82 Å². The third kappa shape index (κ3) is 2.68. The van der Waals surface area contributed by atoms with Crippen molar-refractivity contribution in [1.29, 1.82) is 0 Å².